The van der Waals surface area contributed by atoms with E-state index in [-0.39, 0.29) is 25.7 Å². The average molecular weight is 1420 g/mol. The second-order valence-electron chi connectivity index (χ2n) is 28.8. The van der Waals surface area contributed by atoms with Crippen molar-refractivity contribution >= 4 is 39.5 Å². The SMILES string of the molecule is CCCCCCCCCCCCCCCCCCCCCC(=O)O[C@H](COC(=O)CCCCCCCCCCCCCC(C)C)COP(=O)(O)OC[C@@H](O)COP(=O)(O)OC[C@@H](COC(=O)CCCCCCCCCCCC)OC(=O)CCCCCCCCCCCCC(C)CC. The minimum atomic E-state index is -4.96. The Morgan fingerprint density at radius 2 is 0.526 bits per heavy atom. The highest BCUT2D eigenvalue weighted by molar-refractivity contribution is 7.47. The van der Waals surface area contributed by atoms with Gasteiger partial charge in [0.25, 0.3) is 0 Å². The van der Waals surface area contributed by atoms with Gasteiger partial charge in [0.1, 0.15) is 19.3 Å². The van der Waals surface area contributed by atoms with Crippen molar-refractivity contribution in [2.75, 3.05) is 39.6 Å². The van der Waals surface area contributed by atoms with E-state index in [9.17, 15) is 43.2 Å². The first-order valence-electron chi connectivity index (χ1n) is 40.5. The minimum Gasteiger partial charge on any atom is -0.462 e. The molecule has 0 aliphatic rings. The number of aliphatic hydroxyl groups is 1. The Morgan fingerprint density at radius 3 is 0.784 bits per heavy atom. The molecule has 0 radical (unpaired) electrons. The first kappa shape index (κ1) is 95.1. The molecule has 0 aliphatic carbocycles. The number of aliphatic hydroxyl groups excluding tert-OH is 1. The maximum absolute atomic E-state index is 13.1. The second-order valence-corrected chi connectivity index (χ2v) is 31.7. The maximum atomic E-state index is 13.1. The molecular formula is C78H152O17P2. The lowest BCUT2D eigenvalue weighted by atomic mass is 9.99. The molecule has 19 heteroatoms. The van der Waals surface area contributed by atoms with E-state index in [1.54, 1.807) is 0 Å². The predicted octanol–water partition coefficient (Wildman–Crippen LogP) is 23.1. The molecule has 0 heterocycles. The van der Waals surface area contributed by atoms with Gasteiger partial charge in [-0.2, -0.15) is 0 Å². The smallest absolute Gasteiger partial charge is 0.462 e. The van der Waals surface area contributed by atoms with Crippen LogP contribution in [0.5, 0.6) is 0 Å². The van der Waals surface area contributed by atoms with Crippen LogP contribution in [0.3, 0.4) is 0 Å². The zero-order chi connectivity index (χ0) is 71.4. The molecule has 0 aromatic rings. The Kier molecular flexibility index (Phi) is 68.4. The van der Waals surface area contributed by atoms with Crippen molar-refractivity contribution in [2.45, 2.75) is 426 Å². The number of hydrogen-bond acceptors (Lipinski definition) is 15. The zero-order valence-corrected chi connectivity index (χ0v) is 65.2. The summed E-state index contributed by atoms with van der Waals surface area (Å²) in [6.07, 6.45) is 58.1. The summed E-state index contributed by atoms with van der Waals surface area (Å²) < 4.78 is 68.6. The van der Waals surface area contributed by atoms with Crippen LogP contribution in [0.4, 0.5) is 0 Å². The van der Waals surface area contributed by atoms with E-state index in [2.05, 4.69) is 41.5 Å². The number of esters is 4. The van der Waals surface area contributed by atoms with Crippen LogP contribution in [0.2, 0.25) is 0 Å². The second kappa shape index (κ2) is 69.8. The lowest BCUT2D eigenvalue weighted by Crippen LogP contribution is -2.30. The molecule has 6 atom stereocenters. The molecule has 0 spiro atoms. The van der Waals surface area contributed by atoms with Crippen molar-refractivity contribution in [2.24, 2.45) is 11.8 Å². The van der Waals surface area contributed by atoms with Crippen LogP contribution < -0.4 is 0 Å². The Morgan fingerprint density at radius 1 is 0.299 bits per heavy atom. The van der Waals surface area contributed by atoms with Crippen LogP contribution in [0.25, 0.3) is 0 Å². The van der Waals surface area contributed by atoms with Gasteiger partial charge in [-0.3, -0.25) is 37.3 Å². The van der Waals surface area contributed by atoms with Gasteiger partial charge in [0.05, 0.1) is 26.4 Å². The van der Waals surface area contributed by atoms with Gasteiger partial charge in [-0.1, -0.05) is 356 Å². The van der Waals surface area contributed by atoms with Gasteiger partial charge in [-0.25, -0.2) is 9.13 Å². The third kappa shape index (κ3) is 70.9. The number of phosphoric ester groups is 2. The highest BCUT2D eigenvalue weighted by Crippen LogP contribution is 2.45. The Labute approximate surface area is 594 Å². The summed E-state index contributed by atoms with van der Waals surface area (Å²) in [4.78, 5) is 72.9. The molecular weight excluding hydrogens is 1270 g/mol. The Balaban J connectivity index is 5.24. The first-order chi connectivity index (χ1) is 46.9. The van der Waals surface area contributed by atoms with Crippen LogP contribution >= 0.6 is 15.6 Å². The number of rotatable bonds is 77. The molecule has 0 aromatic heterocycles. The molecule has 3 N–H and O–H groups in total. The standard InChI is InChI=1S/C78H152O17P2/c1-7-10-12-14-16-18-20-21-22-23-24-25-26-27-30-38-44-50-56-62-77(82)94-74(67-89-76(81)61-55-49-43-37-31-28-29-34-40-46-52-58-70(4)5)69-93-97(86,87)91-65-72(79)64-90-96(84,85)92-68-73(66-88-75(80)60-54-48-42-36-19-17-15-13-11-8-2)95-78(83)63-57-51-45-39-33-32-35-41-47-53-59-71(6)9-3/h70-74,79H,7-69H2,1-6H3,(H,84,85)(H,86,87)/t71?,72-,73+,74+/m0/s1. The molecule has 0 aliphatic heterocycles. The van der Waals surface area contributed by atoms with Crippen LogP contribution in [0.15, 0.2) is 0 Å². The van der Waals surface area contributed by atoms with Crippen molar-refractivity contribution < 1.29 is 80.2 Å². The zero-order valence-electron chi connectivity index (χ0n) is 63.4. The number of hydrogen-bond donors (Lipinski definition) is 3. The van der Waals surface area contributed by atoms with Gasteiger partial charge in [0, 0.05) is 25.7 Å². The molecule has 0 saturated carbocycles. The van der Waals surface area contributed by atoms with E-state index in [0.717, 1.165) is 102 Å². The number of phosphoric acid groups is 2. The Bertz CT molecular complexity index is 1870. The summed E-state index contributed by atoms with van der Waals surface area (Å²) in [6, 6.07) is 0. The first-order valence-corrected chi connectivity index (χ1v) is 43.5. The number of carbonyl (C=O) groups is 4. The number of carbonyl (C=O) groups excluding carboxylic acids is 4. The lowest BCUT2D eigenvalue weighted by molar-refractivity contribution is -0.161. The summed E-state index contributed by atoms with van der Waals surface area (Å²) in [5.41, 5.74) is 0. The topological polar surface area (TPSA) is 237 Å². The summed E-state index contributed by atoms with van der Waals surface area (Å²) >= 11 is 0. The monoisotopic (exact) mass is 1420 g/mol. The van der Waals surface area contributed by atoms with Crippen LogP contribution in [-0.2, 0) is 65.4 Å². The van der Waals surface area contributed by atoms with Gasteiger partial charge >= 0.3 is 39.5 Å². The van der Waals surface area contributed by atoms with Crippen molar-refractivity contribution in [3.63, 3.8) is 0 Å². The van der Waals surface area contributed by atoms with E-state index < -0.39 is 97.5 Å². The average Bonchev–Trinajstić information content (AvgIpc) is 1.57. The molecule has 97 heavy (non-hydrogen) atoms. The molecule has 17 nitrogen and oxygen atoms in total. The highest BCUT2D eigenvalue weighted by atomic mass is 31.2. The largest absolute Gasteiger partial charge is 0.472 e. The highest BCUT2D eigenvalue weighted by Gasteiger charge is 2.30. The fourth-order valence-electron chi connectivity index (χ4n) is 12.0. The number of unbranched alkanes of at least 4 members (excludes halogenated alkanes) is 46. The minimum absolute atomic E-state index is 0.106. The third-order valence-corrected chi connectivity index (χ3v) is 20.5. The van der Waals surface area contributed by atoms with E-state index in [1.165, 1.54) is 225 Å². The molecule has 0 bridgehead atoms. The molecule has 3 unspecified atom stereocenters. The van der Waals surface area contributed by atoms with Gasteiger partial charge < -0.3 is 33.8 Å². The molecule has 0 fully saturated rings. The quantitative estimate of drug-likeness (QED) is 0.0222. The van der Waals surface area contributed by atoms with E-state index in [0.29, 0.717) is 25.7 Å². The van der Waals surface area contributed by atoms with E-state index in [1.807, 2.05) is 0 Å². The molecule has 0 rings (SSSR count). The predicted molar refractivity (Wildman–Crippen MR) is 395 cm³/mol. The van der Waals surface area contributed by atoms with Crippen molar-refractivity contribution in [3.05, 3.63) is 0 Å². The number of ether oxygens (including phenoxy) is 4. The van der Waals surface area contributed by atoms with E-state index >= 15 is 0 Å². The third-order valence-electron chi connectivity index (χ3n) is 18.6. The molecule has 0 saturated heterocycles. The fourth-order valence-corrected chi connectivity index (χ4v) is 13.6. The summed E-state index contributed by atoms with van der Waals surface area (Å²) in [6.45, 7) is 9.63. The van der Waals surface area contributed by atoms with Gasteiger partial charge in [-0.05, 0) is 37.5 Å². The van der Waals surface area contributed by atoms with Gasteiger partial charge in [0.2, 0.25) is 0 Å². The van der Waals surface area contributed by atoms with Crippen molar-refractivity contribution in [3.8, 4) is 0 Å². The fraction of sp³-hybridized carbons (Fsp3) is 0.949. The van der Waals surface area contributed by atoms with Crippen molar-refractivity contribution in [1.29, 1.82) is 0 Å². The van der Waals surface area contributed by atoms with Crippen LogP contribution in [0.1, 0.15) is 408 Å². The molecule has 0 amide bonds. The molecule has 0 aromatic carbocycles. The summed E-state index contributed by atoms with van der Waals surface area (Å²) in [7, 11) is -9.91. The Hall–Kier alpha value is -1.94. The van der Waals surface area contributed by atoms with Crippen LogP contribution in [0, 0.1) is 11.8 Å². The van der Waals surface area contributed by atoms with Crippen molar-refractivity contribution in [1.82, 2.24) is 0 Å². The van der Waals surface area contributed by atoms with E-state index in [4.69, 9.17) is 37.0 Å². The lowest BCUT2D eigenvalue weighted by Gasteiger charge is -2.21. The van der Waals surface area contributed by atoms with Crippen LogP contribution in [-0.4, -0.2) is 96.7 Å². The summed E-state index contributed by atoms with van der Waals surface area (Å²) in [5.74, 6) is -0.538. The molecule has 576 valence electrons. The van der Waals surface area contributed by atoms with Gasteiger partial charge in [-0.15, -0.1) is 0 Å². The summed E-state index contributed by atoms with van der Waals surface area (Å²) in [5, 5.41) is 10.6. The maximum Gasteiger partial charge on any atom is 0.472 e. The normalized spacial score (nSPS) is 14.2. The van der Waals surface area contributed by atoms with Gasteiger partial charge in [0.15, 0.2) is 12.2 Å².